The molecule has 2 amide bonds. The van der Waals surface area contributed by atoms with E-state index in [-0.39, 0.29) is 29.7 Å². The van der Waals surface area contributed by atoms with Gasteiger partial charge in [-0.2, -0.15) is 0 Å². The van der Waals surface area contributed by atoms with Gasteiger partial charge in [0, 0.05) is 26.1 Å². The van der Waals surface area contributed by atoms with E-state index in [4.69, 9.17) is 5.11 Å². The van der Waals surface area contributed by atoms with E-state index in [1.165, 1.54) is 0 Å². The monoisotopic (exact) mass is 288 g/mol. The van der Waals surface area contributed by atoms with Crippen LogP contribution in [-0.4, -0.2) is 40.9 Å². The summed E-state index contributed by atoms with van der Waals surface area (Å²) in [6.07, 6.45) is 0.965. The first-order chi connectivity index (χ1) is 10.0. The standard InChI is InChI=1S/C15H16N2O4/c18-13-6-11(7-16-13)14(19)17-4-3-9-1-2-10(15(20)21)5-12(9)8-17/h1-2,5,11H,3-4,6-8H2,(H,16,18)(H,20,21). The summed E-state index contributed by atoms with van der Waals surface area (Å²) in [4.78, 5) is 36.3. The minimum absolute atomic E-state index is 0.0280. The van der Waals surface area contributed by atoms with Crippen LogP contribution in [0.3, 0.4) is 0 Å². The maximum atomic E-state index is 12.4. The van der Waals surface area contributed by atoms with E-state index in [0.717, 1.165) is 17.5 Å². The number of hydrogen-bond acceptors (Lipinski definition) is 3. The summed E-state index contributed by atoms with van der Waals surface area (Å²) in [5.41, 5.74) is 2.21. The molecule has 0 spiro atoms. The van der Waals surface area contributed by atoms with Crippen molar-refractivity contribution in [3.63, 3.8) is 0 Å². The van der Waals surface area contributed by atoms with Crippen molar-refractivity contribution in [1.82, 2.24) is 10.2 Å². The summed E-state index contributed by atoms with van der Waals surface area (Å²) in [5, 5.41) is 11.7. The van der Waals surface area contributed by atoms with Gasteiger partial charge < -0.3 is 15.3 Å². The Kier molecular flexibility index (Phi) is 3.37. The van der Waals surface area contributed by atoms with Gasteiger partial charge in [-0.3, -0.25) is 9.59 Å². The van der Waals surface area contributed by atoms with Crippen molar-refractivity contribution in [2.45, 2.75) is 19.4 Å². The van der Waals surface area contributed by atoms with Gasteiger partial charge in [0.2, 0.25) is 11.8 Å². The molecule has 1 atom stereocenters. The van der Waals surface area contributed by atoms with Gasteiger partial charge in [0.1, 0.15) is 0 Å². The SMILES string of the molecule is O=C1CC(C(=O)N2CCc3ccc(C(=O)O)cc3C2)CN1. The Morgan fingerprint density at radius 1 is 1.29 bits per heavy atom. The molecule has 0 aromatic heterocycles. The number of fused-ring (bicyclic) bond motifs is 1. The molecule has 2 heterocycles. The zero-order valence-electron chi connectivity index (χ0n) is 11.5. The third-order valence-electron chi connectivity index (χ3n) is 4.10. The van der Waals surface area contributed by atoms with E-state index in [1.54, 1.807) is 17.0 Å². The summed E-state index contributed by atoms with van der Waals surface area (Å²) < 4.78 is 0. The van der Waals surface area contributed by atoms with Crippen LogP contribution >= 0.6 is 0 Å². The molecule has 6 nitrogen and oxygen atoms in total. The normalized spacial score (nSPS) is 20.9. The molecule has 110 valence electrons. The van der Waals surface area contributed by atoms with Crippen molar-refractivity contribution in [3.05, 3.63) is 34.9 Å². The highest BCUT2D eigenvalue weighted by atomic mass is 16.4. The van der Waals surface area contributed by atoms with Crippen molar-refractivity contribution in [1.29, 1.82) is 0 Å². The second-order valence-corrected chi connectivity index (χ2v) is 5.50. The van der Waals surface area contributed by atoms with E-state index in [1.807, 2.05) is 6.07 Å². The summed E-state index contributed by atoms with van der Waals surface area (Å²) >= 11 is 0. The van der Waals surface area contributed by atoms with Crippen molar-refractivity contribution in [2.75, 3.05) is 13.1 Å². The Morgan fingerprint density at radius 3 is 2.76 bits per heavy atom. The lowest BCUT2D eigenvalue weighted by Crippen LogP contribution is -2.40. The highest BCUT2D eigenvalue weighted by molar-refractivity contribution is 5.90. The van der Waals surface area contributed by atoms with Crippen LogP contribution in [0.4, 0.5) is 0 Å². The predicted molar refractivity (Wildman–Crippen MR) is 73.6 cm³/mol. The number of aromatic carboxylic acids is 1. The fraction of sp³-hybridized carbons (Fsp3) is 0.400. The molecule has 1 unspecified atom stereocenters. The number of hydrogen-bond donors (Lipinski definition) is 2. The number of benzene rings is 1. The molecule has 1 aromatic rings. The minimum atomic E-state index is -0.966. The summed E-state index contributed by atoms with van der Waals surface area (Å²) in [7, 11) is 0. The maximum absolute atomic E-state index is 12.4. The third kappa shape index (κ3) is 2.61. The zero-order valence-corrected chi connectivity index (χ0v) is 11.5. The summed E-state index contributed by atoms with van der Waals surface area (Å²) in [5.74, 6) is -1.37. The van der Waals surface area contributed by atoms with Crippen LogP contribution in [0.2, 0.25) is 0 Å². The van der Waals surface area contributed by atoms with Crippen LogP contribution in [0, 0.1) is 5.92 Å². The number of nitrogens with zero attached hydrogens (tertiary/aromatic N) is 1. The number of carbonyl (C=O) groups is 3. The number of rotatable bonds is 2. The van der Waals surface area contributed by atoms with Crippen LogP contribution < -0.4 is 5.32 Å². The van der Waals surface area contributed by atoms with E-state index in [0.29, 0.717) is 19.6 Å². The van der Waals surface area contributed by atoms with Crippen LogP contribution in [0.5, 0.6) is 0 Å². The zero-order chi connectivity index (χ0) is 15.0. The number of amides is 2. The van der Waals surface area contributed by atoms with Gasteiger partial charge in [-0.05, 0) is 29.7 Å². The lowest BCUT2D eigenvalue weighted by atomic mass is 9.96. The second-order valence-electron chi connectivity index (χ2n) is 5.50. The van der Waals surface area contributed by atoms with Gasteiger partial charge in [-0.1, -0.05) is 6.07 Å². The Morgan fingerprint density at radius 2 is 2.10 bits per heavy atom. The minimum Gasteiger partial charge on any atom is -0.478 e. The van der Waals surface area contributed by atoms with Gasteiger partial charge in [-0.25, -0.2) is 4.79 Å². The molecule has 2 N–H and O–H groups in total. The average molecular weight is 288 g/mol. The molecule has 1 aromatic carbocycles. The lowest BCUT2D eigenvalue weighted by Gasteiger charge is -2.30. The van der Waals surface area contributed by atoms with Crippen molar-refractivity contribution >= 4 is 17.8 Å². The summed E-state index contributed by atoms with van der Waals surface area (Å²) in [6, 6.07) is 5.05. The third-order valence-corrected chi connectivity index (χ3v) is 4.10. The second kappa shape index (κ2) is 5.20. The molecule has 0 aliphatic carbocycles. The Hall–Kier alpha value is -2.37. The molecule has 2 aliphatic heterocycles. The molecule has 1 fully saturated rings. The van der Waals surface area contributed by atoms with Gasteiger partial charge in [-0.15, -0.1) is 0 Å². The largest absolute Gasteiger partial charge is 0.478 e. The quantitative estimate of drug-likeness (QED) is 0.825. The van der Waals surface area contributed by atoms with Crippen molar-refractivity contribution in [3.8, 4) is 0 Å². The lowest BCUT2D eigenvalue weighted by molar-refractivity contribution is -0.136. The Bertz CT molecular complexity index is 626. The number of carboxylic acids is 1. The first-order valence-corrected chi connectivity index (χ1v) is 6.95. The van der Waals surface area contributed by atoms with Crippen LogP contribution in [0.15, 0.2) is 18.2 Å². The van der Waals surface area contributed by atoms with E-state index < -0.39 is 5.97 Å². The molecule has 1 saturated heterocycles. The van der Waals surface area contributed by atoms with Crippen LogP contribution in [-0.2, 0) is 22.6 Å². The molecule has 6 heteroatoms. The van der Waals surface area contributed by atoms with Gasteiger partial charge in [0.05, 0.1) is 11.5 Å². The number of carbonyl (C=O) groups excluding carboxylic acids is 2. The smallest absolute Gasteiger partial charge is 0.335 e. The predicted octanol–water partition coefficient (Wildman–Crippen LogP) is 0.406. The first-order valence-electron chi connectivity index (χ1n) is 6.95. The topological polar surface area (TPSA) is 86.7 Å². The number of nitrogens with one attached hydrogen (secondary N) is 1. The molecule has 2 aliphatic rings. The van der Waals surface area contributed by atoms with Crippen LogP contribution in [0.1, 0.15) is 27.9 Å². The molecular formula is C15H16N2O4. The highest BCUT2D eigenvalue weighted by Gasteiger charge is 2.32. The summed E-state index contributed by atoms with van der Waals surface area (Å²) in [6.45, 7) is 1.43. The highest BCUT2D eigenvalue weighted by Crippen LogP contribution is 2.23. The Labute approximate surface area is 121 Å². The molecule has 0 radical (unpaired) electrons. The van der Waals surface area contributed by atoms with Gasteiger partial charge >= 0.3 is 5.97 Å². The maximum Gasteiger partial charge on any atom is 0.335 e. The van der Waals surface area contributed by atoms with Crippen molar-refractivity contribution < 1.29 is 19.5 Å². The number of carboxylic acid groups (broad SMARTS) is 1. The van der Waals surface area contributed by atoms with Crippen molar-refractivity contribution in [2.24, 2.45) is 5.92 Å². The first kappa shape index (κ1) is 13.6. The average Bonchev–Trinajstić information content (AvgIpc) is 2.91. The fourth-order valence-corrected chi connectivity index (χ4v) is 2.92. The molecule has 3 rings (SSSR count). The Balaban J connectivity index is 1.77. The fourth-order valence-electron chi connectivity index (χ4n) is 2.92. The van der Waals surface area contributed by atoms with E-state index in [2.05, 4.69) is 5.32 Å². The van der Waals surface area contributed by atoms with Gasteiger partial charge in [0.15, 0.2) is 0 Å². The van der Waals surface area contributed by atoms with E-state index >= 15 is 0 Å². The molecular weight excluding hydrogens is 272 g/mol. The van der Waals surface area contributed by atoms with Crippen LogP contribution in [0.25, 0.3) is 0 Å². The molecule has 21 heavy (non-hydrogen) atoms. The van der Waals surface area contributed by atoms with E-state index in [9.17, 15) is 14.4 Å². The molecule has 0 saturated carbocycles. The van der Waals surface area contributed by atoms with Gasteiger partial charge in [0.25, 0.3) is 0 Å². The molecule has 0 bridgehead atoms.